The molecule has 1 unspecified atom stereocenters. The van der Waals surface area contributed by atoms with Crippen LogP contribution >= 0.6 is 0 Å². The van der Waals surface area contributed by atoms with Gasteiger partial charge in [-0.1, -0.05) is 26.8 Å². The molecule has 0 saturated heterocycles. The van der Waals surface area contributed by atoms with Gasteiger partial charge in [0.25, 0.3) is 5.91 Å². The molecule has 3 rings (SSSR count). The van der Waals surface area contributed by atoms with Crippen molar-refractivity contribution in [2.45, 2.75) is 51.2 Å². The van der Waals surface area contributed by atoms with E-state index in [0.717, 1.165) is 6.07 Å². The third-order valence-electron chi connectivity index (χ3n) is 5.70. The third-order valence-corrected chi connectivity index (χ3v) is 7.66. The fourth-order valence-corrected chi connectivity index (χ4v) is 4.85. The van der Waals surface area contributed by atoms with E-state index in [1.54, 1.807) is 0 Å². The molecule has 0 bridgehead atoms. The Kier molecular flexibility index (Phi) is 8.12. The number of sulfonamides is 1. The summed E-state index contributed by atoms with van der Waals surface area (Å²) in [4.78, 5) is 17.1. The van der Waals surface area contributed by atoms with Gasteiger partial charge in [-0.15, -0.1) is 5.10 Å². The number of rotatable bonds is 8. The molecule has 2 aromatic carbocycles. The number of carbonyl (C=O) groups is 1. The molecule has 1 aromatic heterocycles. The van der Waals surface area contributed by atoms with Gasteiger partial charge in [-0.3, -0.25) is 4.79 Å². The van der Waals surface area contributed by atoms with Crippen molar-refractivity contribution in [3.05, 3.63) is 59.2 Å². The highest BCUT2D eigenvalue weighted by Gasteiger charge is 2.34. The maximum atomic E-state index is 15.8. The highest BCUT2D eigenvalue weighted by molar-refractivity contribution is 7.89. The number of aromatic nitrogens is 3. The van der Waals surface area contributed by atoms with E-state index in [-0.39, 0.29) is 23.0 Å². The van der Waals surface area contributed by atoms with Crippen LogP contribution in [0.2, 0.25) is 19.6 Å². The number of hydrogen-bond acceptors (Lipinski definition) is 8. The summed E-state index contributed by atoms with van der Waals surface area (Å²) in [5.74, 6) is -4.24. The van der Waals surface area contributed by atoms with Crippen LogP contribution in [0.5, 0.6) is 0 Å². The lowest BCUT2D eigenvalue weighted by atomic mass is 9.76. The number of nitrogen functional groups attached to an aromatic ring is 1. The molecule has 0 aliphatic rings. The molecule has 0 spiro atoms. The number of hydrogen-bond donors (Lipinski definition) is 3. The van der Waals surface area contributed by atoms with Gasteiger partial charge in [-0.05, 0) is 61.0 Å². The van der Waals surface area contributed by atoms with Crippen molar-refractivity contribution in [2.75, 3.05) is 17.7 Å². The zero-order valence-corrected chi connectivity index (χ0v) is 23.9. The normalized spacial score (nSPS) is 13.4. The Balaban J connectivity index is 1.95. The molecule has 0 amide bonds. The summed E-state index contributed by atoms with van der Waals surface area (Å²) in [5, 5.41) is 11.8. The first-order valence-electron chi connectivity index (χ1n) is 11.7. The van der Waals surface area contributed by atoms with E-state index in [2.05, 4.69) is 15.4 Å². The topological polar surface area (TPSA) is 155 Å². The van der Waals surface area contributed by atoms with Gasteiger partial charge in [0.05, 0.1) is 4.90 Å². The van der Waals surface area contributed by atoms with E-state index in [9.17, 15) is 17.6 Å². The minimum atomic E-state index is -3.88. The maximum absolute atomic E-state index is 15.8. The SMILES string of the molecule is CC(C)(C)C(CO[Si](C)(C)C)c1ccc(F)c(C(=O)n2nc(Nc3ccc(S(N)(=O)=O)cc3)nc2N)c1F. The Bertz CT molecular complexity index is 1450. The molecule has 0 fully saturated rings. The Morgan fingerprint density at radius 3 is 2.26 bits per heavy atom. The number of nitrogens with zero attached hydrogens (tertiary/aromatic N) is 3. The van der Waals surface area contributed by atoms with Gasteiger partial charge in [0.15, 0.2) is 8.32 Å². The summed E-state index contributed by atoms with van der Waals surface area (Å²) in [6, 6.07) is 7.69. The Morgan fingerprint density at radius 1 is 1.13 bits per heavy atom. The lowest BCUT2D eigenvalue weighted by molar-refractivity contribution is 0.0938. The highest BCUT2D eigenvalue weighted by Crippen LogP contribution is 2.38. The second kappa shape index (κ2) is 10.5. The molecule has 0 radical (unpaired) electrons. The number of nitrogens with one attached hydrogen (secondary N) is 1. The van der Waals surface area contributed by atoms with Gasteiger partial charge < -0.3 is 15.5 Å². The fraction of sp³-hybridized carbons (Fsp3) is 0.375. The van der Waals surface area contributed by atoms with Crippen LogP contribution in [0.25, 0.3) is 0 Å². The van der Waals surface area contributed by atoms with Gasteiger partial charge in [-0.25, -0.2) is 22.3 Å². The first-order valence-corrected chi connectivity index (χ1v) is 16.6. The van der Waals surface area contributed by atoms with Crippen LogP contribution in [-0.4, -0.2) is 44.0 Å². The largest absolute Gasteiger partial charge is 0.417 e. The van der Waals surface area contributed by atoms with Crippen molar-refractivity contribution in [3.63, 3.8) is 0 Å². The highest BCUT2D eigenvalue weighted by atomic mass is 32.2. The number of anilines is 3. The van der Waals surface area contributed by atoms with Crippen molar-refractivity contribution in [3.8, 4) is 0 Å². The van der Waals surface area contributed by atoms with Gasteiger partial charge in [0.2, 0.25) is 21.9 Å². The summed E-state index contributed by atoms with van der Waals surface area (Å²) >= 11 is 0. The van der Waals surface area contributed by atoms with Crippen LogP contribution in [-0.2, 0) is 14.4 Å². The minimum Gasteiger partial charge on any atom is -0.417 e. The molecular formula is C24H32F2N6O4SSi. The van der Waals surface area contributed by atoms with E-state index in [4.69, 9.17) is 15.3 Å². The van der Waals surface area contributed by atoms with E-state index in [1.807, 2.05) is 40.4 Å². The van der Waals surface area contributed by atoms with Crippen LogP contribution in [0.3, 0.4) is 0 Å². The summed E-state index contributed by atoms with van der Waals surface area (Å²) in [6.45, 7) is 12.0. The van der Waals surface area contributed by atoms with Gasteiger partial charge in [0, 0.05) is 18.2 Å². The van der Waals surface area contributed by atoms with Crippen LogP contribution in [0.4, 0.5) is 26.4 Å². The molecule has 1 atom stereocenters. The first kappa shape index (κ1) is 29.4. The van der Waals surface area contributed by atoms with Crippen molar-refractivity contribution in [2.24, 2.45) is 10.6 Å². The van der Waals surface area contributed by atoms with Crippen molar-refractivity contribution >= 4 is 41.8 Å². The Morgan fingerprint density at radius 2 is 1.74 bits per heavy atom. The zero-order valence-electron chi connectivity index (χ0n) is 22.0. The molecule has 0 aliphatic carbocycles. The van der Waals surface area contributed by atoms with E-state index < -0.39 is 58.7 Å². The van der Waals surface area contributed by atoms with E-state index in [0.29, 0.717) is 10.4 Å². The molecule has 3 aromatic rings. The van der Waals surface area contributed by atoms with E-state index >= 15 is 4.39 Å². The molecule has 14 heteroatoms. The third kappa shape index (κ3) is 6.81. The zero-order chi connectivity index (χ0) is 28.6. The summed E-state index contributed by atoms with van der Waals surface area (Å²) in [5.41, 5.74) is 5.08. The minimum absolute atomic E-state index is 0.106. The van der Waals surface area contributed by atoms with Crippen molar-refractivity contribution < 1.29 is 26.4 Å². The van der Waals surface area contributed by atoms with Crippen molar-refractivity contribution in [1.82, 2.24) is 14.8 Å². The summed E-state index contributed by atoms with van der Waals surface area (Å²) in [7, 11) is -5.82. The second-order valence-corrected chi connectivity index (χ2v) is 16.9. The Hall–Kier alpha value is -3.20. The number of carbonyl (C=O) groups excluding carboxylic acids is 1. The average molecular weight is 567 g/mol. The predicted molar refractivity (Wildman–Crippen MR) is 143 cm³/mol. The van der Waals surface area contributed by atoms with E-state index in [1.165, 1.54) is 30.3 Å². The molecule has 0 saturated carbocycles. The quantitative estimate of drug-likeness (QED) is 0.343. The lowest BCUT2D eigenvalue weighted by Crippen LogP contribution is -2.33. The molecule has 206 valence electrons. The molecule has 5 N–H and O–H groups in total. The first-order chi connectivity index (χ1) is 17.4. The molecule has 0 aliphatic heterocycles. The van der Waals surface area contributed by atoms with Crippen LogP contribution < -0.4 is 16.2 Å². The van der Waals surface area contributed by atoms with Gasteiger partial charge >= 0.3 is 0 Å². The van der Waals surface area contributed by atoms with Crippen LogP contribution in [0.15, 0.2) is 41.3 Å². The number of benzene rings is 2. The van der Waals surface area contributed by atoms with Gasteiger partial charge in [-0.2, -0.15) is 9.67 Å². The van der Waals surface area contributed by atoms with Gasteiger partial charge in [0.1, 0.15) is 17.2 Å². The fourth-order valence-electron chi connectivity index (χ4n) is 3.66. The molecular weight excluding hydrogens is 534 g/mol. The second-order valence-electron chi connectivity index (χ2n) is 10.9. The Labute approximate surface area is 221 Å². The molecule has 38 heavy (non-hydrogen) atoms. The predicted octanol–water partition coefficient (Wildman–Crippen LogP) is 4.20. The van der Waals surface area contributed by atoms with Crippen LogP contribution in [0, 0.1) is 17.0 Å². The lowest BCUT2D eigenvalue weighted by Gasteiger charge is -2.33. The number of halogens is 2. The average Bonchev–Trinajstić information content (AvgIpc) is 3.13. The number of nitrogens with two attached hydrogens (primary N) is 2. The summed E-state index contributed by atoms with van der Waals surface area (Å²) < 4.78 is 60.2. The molecule has 1 heterocycles. The smallest absolute Gasteiger partial charge is 0.287 e. The standard InChI is InChI=1S/C24H32F2N6O4SSi/c1-24(2,3)17(13-36-38(4,5)6)16-11-12-18(25)19(20(16)26)21(33)32-22(27)30-23(31-32)29-14-7-9-15(10-8-14)37(28,34)35/h7-12,17H,13H2,1-6H3,(H2,28,34,35)(H3,27,29,30,31). The number of primary sulfonamides is 1. The van der Waals surface area contributed by atoms with Crippen LogP contribution in [0.1, 0.15) is 42.6 Å². The monoisotopic (exact) mass is 566 g/mol. The van der Waals surface area contributed by atoms with Crippen molar-refractivity contribution in [1.29, 1.82) is 0 Å². The summed E-state index contributed by atoms with van der Waals surface area (Å²) in [6.07, 6.45) is 0. The molecule has 10 nitrogen and oxygen atoms in total. The maximum Gasteiger partial charge on any atom is 0.287 e.